The van der Waals surface area contributed by atoms with Gasteiger partial charge in [0.25, 0.3) is 0 Å². The fourth-order valence-corrected chi connectivity index (χ4v) is 3.42. The van der Waals surface area contributed by atoms with Crippen molar-refractivity contribution < 1.29 is 4.74 Å². The average Bonchev–Trinajstić information content (AvgIpc) is 2.47. The van der Waals surface area contributed by atoms with E-state index in [2.05, 4.69) is 24.1 Å². The number of nitrogens with zero attached hydrogens (tertiary/aromatic N) is 1. The summed E-state index contributed by atoms with van der Waals surface area (Å²) in [5.41, 5.74) is 8.30. The molecular formula is C17H29N3O. The van der Waals surface area contributed by atoms with E-state index in [0.717, 1.165) is 30.5 Å². The SMILES string of the molecule is CNC(Cc1cnccc1N)C1(OC)CCC(C)(C)CC1. The molecule has 1 fully saturated rings. The van der Waals surface area contributed by atoms with E-state index in [9.17, 15) is 0 Å². The Labute approximate surface area is 128 Å². The van der Waals surface area contributed by atoms with Gasteiger partial charge in [-0.15, -0.1) is 0 Å². The number of rotatable bonds is 5. The summed E-state index contributed by atoms with van der Waals surface area (Å²) >= 11 is 0. The van der Waals surface area contributed by atoms with Crippen LogP contribution in [0.5, 0.6) is 0 Å². The van der Waals surface area contributed by atoms with Crippen LogP contribution in [0.4, 0.5) is 5.69 Å². The maximum absolute atomic E-state index is 6.07. The van der Waals surface area contributed by atoms with Crippen LogP contribution in [0.25, 0.3) is 0 Å². The smallest absolute Gasteiger partial charge is 0.0834 e. The molecule has 0 bridgehead atoms. The van der Waals surface area contributed by atoms with Crippen molar-refractivity contribution in [1.29, 1.82) is 0 Å². The molecule has 1 atom stereocenters. The zero-order chi connectivity index (χ0) is 15.5. The average molecular weight is 291 g/mol. The van der Waals surface area contributed by atoms with Gasteiger partial charge in [-0.1, -0.05) is 13.8 Å². The first kappa shape index (κ1) is 16.2. The van der Waals surface area contributed by atoms with Gasteiger partial charge < -0.3 is 15.8 Å². The van der Waals surface area contributed by atoms with E-state index < -0.39 is 0 Å². The number of hydrogen-bond acceptors (Lipinski definition) is 4. The Morgan fingerprint density at radius 1 is 1.33 bits per heavy atom. The Hall–Kier alpha value is -1.13. The highest BCUT2D eigenvalue weighted by molar-refractivity contribution is 5.44. The molecule has 21 heavy (non-hydrogen) atoms. The van der Waals surface area contributed by atoms with Gasteiger partial charge in [0.1, 0.15) is 0 Å². The second kappa shape index (κ2) is 6.32. The van der Waals surface area contributed by atoms with Gasteiger partial charge in [-0.05, 0) is 56.2 Å². The van der Waals surface area contributed by atoms with Crippen LogP contribution in [0.2, 0.25) is 0 Å². The number of nitrogens with one attached hydrogen (secondary N) is 1. The molecule has 1 saturated carbocycles. The summed E-state index contributed by atoms with van der Waals surface area (Å²) in [6.07, 6.45) is 9.02. The summed E-state index contributed by atoms with van der Waals surface area (Å²) in [5.74, 6) is 0. The summed E-state index contributed by atoms with van der Waals surface area (Å²) in [6.45, 7) is 4.69. The number of hydrogen-bond donors (Lipinski definition) is 2. The minimum absolute atomic E-state index is 0.105. The van der Waals surface area contributed by atoms with Gasteiger partial charge in [0.2, 0.25) is 0 Å². The van der Waals surface area contributed by atoms with Gasteiger partial charge in [-0.2, -0.15) is 0 Å². The van der Waals surface area contributed by atoms with Crippen molar-refractivity contribution in [1.82, 2.24) is 10.3 Å². The molecule has 0 aliphatic heterocycles. The molecule has 1 heterocycles. The lowest BCUT2D eigenvalue weighted by Crippen LogP contribution is -2.54. The van der Waals surface area contributed by atoms with E-state index >= 15 is 0 Å². The van der Waals surface area contributed by atoms with Gasteiger partial charge in [0, 0.05) is 31.2 Å². The Kier molecular flexibility index (Phi) is 4.89. The predicted octanol–water partition coefficient (Wildman–Crippen LogP) is 2.78. The first-order valence-corrected chi connectivity index (χ1v) is 7.83. The van der Waals surface area contributed by atoms with Crippen LogP contribution >= 0.6 is 0 Å². The Morgan fingerprint density at radius 2 is 2.00 bits per heavy atom. The second-order valence-corrected chi connectivity index (χ2v) is 7.05. The van der Waals surface area contributed by atoms with Crippen LogP contribution in [0, 0.1) is 5.41 Å². The molecule has 1 aliphatic carbocycles. The van der Waals surface area contributed by atoms with Crippen LogP contribution in [0.3, 0.4) is 0 Å². The van der Waals surface area contributed by atoms with Gasteiger partial charge in [-0.25, -0.2) is 0 Å². The van der Waals surface area contributed by atoms with Crippen molar-refractivity contribution in [3.05, 3.63) is 24.0 Å². The normalized spacial score (nSPS) is 21.9. The lowest BCUT2D eigenvalue weighted by Gasteiger charge is -2.47. The van der Waals surface area contributed by atoms with Gasteiger partial charge >= 0.3 is 0 Å². The molecule has 3 N–H and O–H groups in total. The molecule has 1 unspecified atom stereocenters. The van der Waals surface area contributed by atoms with Gasteiger partial charge in [0.15, 0.2) is 0 Å². The van der Waals surface area contributed by atoms with E-state index in [0.29, 0.717) is 5.41 Å². The number of aromatic nitrogens is 1. The van der Waals surface area contributed by atoms with E-state index in [1.807, 2.05) is 26.4 Å². The van der Waals surface area contributed by atoms with Crippen molar-refractivity contribution in [2.24, 2.45) is 5.41 Å². The Balaban J connectivity index is 2.17. The first-order valence-electron chi connectivity index (χ1n) is 7.83. The molecular weight excluding hydrogens is 262 g/mol. The van der Waals surface area contributed by atoms with Crippen LogP contribution in [0.15, 0.2) is 18.5 Å². The molecule has 118 valence electrons. The number of methoxy groups -OCH3 is 1. The standard InChI is InChI=1S/C17H29N3O/c1-16(2)6-8-17(21-4,9-7-16)15(19-3)11-13-12-20-10-5-14(13)18/h5,10,12,15,19H,6-9,11H2,1-4H3,(H2,18,20). The third-order valence-electron chi connectivity index (χ3n) is 5.21. The van der Waals surface area contributed by atoms with Gasteiger partial charge in [-0.3, -0.25) is 4.98 Å². The summed E-state index contributed by atoms with van der Waals surface area (Å²) in [6, 6.07) is 2.12. The quantitative estimate of drug-likeness (QED) is 0.876. The van der Waals surface area contributed by atoms with Crippen molar-refractivity contribution in [2.75, 3.05) is 19.9 Å². The fraction of sp³-hybridized carbons (Fsp3) is 0.706. The van der Waals surface area contributed by atoms with E-state index in [1.54, 1.807) is 6.20 Å². The van der Waals surface area contributed by atoms with Crippen molar-refractivity contribution in [3.63, 3.8) is 0 Å². The molecule has 0 spiro atoms. The third kappa shape index (κ3) is 3.55. The molecule has 4 nitrogen and oxygen atoms in total. The van der Waals surface area contributed by atoms with E-state index in [1.165, 1.54) is 12.8 Å². The van der Waals surface area contributed by atoms with Crippen LogP contribution in [0.1, 0.15) is 45.1 Å². The van der Waals surface area contributed by atoms with Crippen molar-refractivity contribution >= 4 is 5.69 Å². The number of ether oxygens (including phenoxy) is 1. The lowest BCUT2D eigenvalue weighted by atomic mass is 9.67. The number of nitrogens with two attached hydrogens (primary N) is 1. The highest BCUT2D eigenvalue weighted by Gasteiger charge is 2.43. The van der Waals surface area contributed by atoms with Crippen LogP contribution in [-0.4, -0.2) is 30.8 Å². The van der Waals surface area contributed by atoms with Crippen LogP contribution < -0.4 is 11.1 Å². The topological polar surface area (TPSA) is 60.2 Å². The number of nitrogen functional groups attached to an aromatic ring is 1. The number of anilines is 1. The molecule has 0 saturated heterocycles. The lowest BCUT2D eigenvalue weighted by molar-refractivity contribution is -0.0847. The zero-order valence-electron chi connectivity index (χ0n) is 13.8. The minimum atomic E-state index is -0.105. The summed E-state index contributed by atoms with van der Waals surface area (Å²) in [7, 11) is 3.85. The number of pyridine rings is 1. The van der Waals surface area contributed by atoms with Crippen molar-refractivity contribution in [2.45, 2.75) is 57.6 Å². The molecule has 1 aromatic heterocycles. The van der Waals surface area contributed by atoms with Crippen molar-refractivity contribution in [3.8, 4) is 0 Å². The fourth-order valence-electron chi connectivity index (χ4n) is 3.42. The molecule has 4 heteroatoms. The zero-order valence-corrected chi connectivity index (χ0v) is 13.8. The maximum Gasteiger partial charge on any atom is 0.0834 e. The minimum Gasteiger partial charge on any atom is -0.398 e. The third-order valence-corrected chi connectivity index (χ3v) is 5.21. The van der Waals surface area contributed by atoms with Gasteiger partial charge in [0.05, 0.1) is 5.60 Å². The summed E-state index contributed by atoms with van der Waals surface area (Å²) in [5, 5.41) is 3.46. The first-order chi connectivity index (χ1) is 9.92. The summed E-state index contributed by atoms with van der Waals surface area (Å²) in [4.78, 5) is 4.20. The molecule has 0 radical (unpaired) electrons. The monoisotopic (exact) mass is 291 g/mol. The van der Waals surface area contributed by atoms with E-state index in [-0.39, 0.29) is 11.6 Å². The molecule has 2 rings (SSSR count). The molecule has 0 aromatic carbocycles. The molecule has 0 amide bonds. The maximum atomic E-state index is 6.07. The van der Waals surface area contributed by atoms with E-state index in [4.69, 9.17) is 10.5 Å². The second-order valence-electron chi connectivity index (χ2n) is 7.05. The predicted molar refractivity (Wildman–Crippen MR) is 87.2 cm³/mol. The van der Waals surface area contributed by atoms with Crippen LogP contribution in [-0.2, 0) is 11.2 Å². The highest BCUT2D eigenvalue weighted by Crippen LogP contribution is 2.44. The number of likely N-dealkylation sites (N-methyl/N-ethyl adjacent to an activating group) is 1. The Bertz CT molecular complexity index is 463. The summed E-state index contributed by atoms with van der Waals surface area (Å²) < 4.78 is 6.01. The molecule has 1 aromatic rings. The molecule has 1 aliphatic rings. The Morgan fingerprint density at radius 3 is 2.52 bits per heavy atom. The largest absolute Gasteiger partial charge is 0.398 e. The highest BCUT2D eigenvalue weighted by atomic mass is 16.5.